The van der Waals surface area contributed by atoms with Crippen molar-refractivity contribution in [3.05, 3.63) is 64.7 Å². The Balaban J connectivity index is 1.75. The van der Waals surface area contributed by atoms with Crippen molar-refractivity contribution >= 4 is 23.4 Å². The van der Waals surface area contributed by atoms with Crippen molar-refractivity contribution in [1.82, 2.24) is 4.90 Å². The monoisotopic (exact) mass is 400 g/mol. The highest BCUT2D eigenvalue weighted by Gasteiger charge is 2.39. The van der Waals surface area contributed by atoms with Crippen LogP contribution in [-0.2, 0) is 4.79 Å². The second-order valence-electron chi connectivity index (χ2n) is 7.58. The molecule has 148 valence electrons. The minimum atomic E-state index is -0.496. The Hall–Kier alpha value is -2.53. The van der Waals surface area contributed by atoms with Crippen LogP contribution in [0, 0.1) is 12.3 Å². The number of nitrogens with two attached hydrogens (primary N) is 1. The predicted molar refractivity (Wildman–Crippen MR) is 110 cm³/mol. The average Bonchev–Trinajstić information content (AvgIpc) is 2.67. The Morgan fingerprint density at radius 2 is 1.82 bits per heavy atom. The van der Waals surface area contributed by atoms with E-state index in [1.54, 1.807) is 24.3 Å². The molecule has 0 saturated carbocycles. The summed E-state index contributed by atoms with van der Waals surface area (Å²) in [6.45, 7) is 3.40. The van der Waals surface area contributed by atoms with Crippen molar-refractivity contribution in [3.63, 3.8) is 0 Å². The number of hydrogen-bond acceptors (Lipinski definition) is 3. The molecule has 0 spiro atoms. The first-order valence-corrected chi connectivity index (χ1v) is 9.77. The Kier molecular flexibility index (Phi) is 6.25. The lowest BCUT2D eigenvalue weighted by Gasteiger charge is -2.42. The molecule has 1 aliphatic heterocycles. The number of carbonyl (C=O) groups excluding carboxylic acids is 2. The molecule has 0 aromatic heterocycles. The van der Waals surface area contributed by atoms with Crippen molar-refractivity contribution in [1.29, 1.82) is 0 Å². The molecule has 2 aromatic rings. The smallest absolute Gasteiger partial charge is 0.253 e. The van der Waals surface area contributed by atoms with Crippen molar-refractivity contribution < 1.29 is 14.3 Å². The standard InChI is InChI=1S/C22H25ClN2O3/c1-16-3-5-17(6-4-16)21(27)25-12-2-11-22(14-25,13-20(24)26)15-28-19-9-7-18(23)8-10-19/h3-10H,2,11-15H2,1H3,(H2,24,26). The summed E-state index contributed by atoms with van der Waals surface area (Å²) in [4.78, 5) is 26.5. The average molecular weight is 401 g/mol. The molecule has 0 bridgehead atoms. The highest BCUT2D eigenvalue weighted by atomic mass is 35.5. The zero-order valence-corrected chi connectivity index (χ0v) is 16.7. The first-order chi connectivity index (χ1) is 13.4. The van der Waals surface area contributed by atoms with Gasteiger partial charge in [0.25, 0.3) is 5.91 Å². The maximum atomic E-state index is 13.0. The first-order valence-electron chi connectivity index (χ1n) is 9.40. The Labute approximate surface area is 170 Å². The van der Waals surface area contributed by atoms with Gasteiger partial charge < -0.3 is 15.4 Å². The number of ether oxygens (including phenoxy) is 1. The molecule has 0 radical (unpaired) electrons. The predicted octanol–water partition coefficient (Wildman–Crippen LogP) is 3.83. The van der Waals surface area contributed by atoms with Crippen molar-refractivity contribution in [2.45, 2.75) is 26.2 Å². The normalized spacial score (nSPS) is 19.3. The highest BCUT2D eigenvalue weighted by Crippen LogP contribution is 2.35. The number of likely N-dealkylation sites (tertiary alicyclic amines) is 1. The molecule has 2 N–H and O–H groups in total. The van der Waals surface area contributed by atoms with Crippen molar-refractivity contribution in [2.75, 3.05) is 19.7 Å². The van der Waals surface area contributed by atoms with Gasteiger partial charge in [-0.05, 0) is 56.2 Å². The number of primary amides is 1. The number of aryl methyl sites for hydroxylation is 1. The highest BCUT2D eigenvalue weighted by molar-refractivity contribution is 6.30. The molecule has 1 atom stereocenters. The summed E-state index contributed by atoms with van der Waals surface area (Å²) in [5.74, 6) is 0.264. The van der Waals surface area contributed by atoms with Gasteiger partial charge in [-0.25, -0.2) is 0 Å². The second-order valence-corrected chi connectivity index (χ2v) is 8.02. The molecule has 1 unspecified atom stereocenters. The summed E-state index contributed by atoms with van der Waals surface area (Å²) < 4.78 is 5.95. The summed E-state index contributed by atoms with van der Waals surface area (Å²) in [5.41, 5.74) is 6.79. The van der Waals surface area contributed by atoms with E-state index in [4.69, 9.17) is 22.1 Å². The van der Waals surface area contributed by atoms with Gasteiger partial charge in [-0.3, -0.25) is 9.59 Å². The summed E-state index contributed by atoms with van der Waals surface area (Å²) in [6.07, 6.45) is 1.76. The van der Waals surface area contributed by atoms with E-state index >= 15 is 0 Å². The molecule has 1 fully saturated rings. The molecule has 6 heteroatoms. The summed E-state index contributed by atoms with van der Waals surface area (Å²) in [6, 6.07) is 14.6. The molecular formula is C22H25ClN2O3. The summed E-state index contributed by atoms with van der Waals surface area (Å²) >= 11 is 5.92. The van der Waals surface area contributed by atoms with Gasteiger partial charge >= 0.3 is 0 Å². The number of halogens is 1. The Morgan fingerprint density at radius 1 is 1.14 bits per heavy atom. The maximum Gasteiger partial charge on any atom is 0.253 e. The van der Waals surface area contributed by atoms with E-state index in [0.717, 1.165) is 18.4 Å². The van der Waals surface area contributed by atoms with Crippen LogP contribution < -0.4 is 10.5 Å². The van der Waals surface area contributed by atoms with Gasteiger partial charge in [-0.2, -0.15) is 0 Å². The van der Waals surface area contributed by atoms with Crippen LogP contribution in [0.5, 0.6) is 5.75 Å². The van der Waals surface area contributed by atoms with E-state index in [1.165, 1.54) is 0 Å². The minimum Gasteiger partial charge on any atom is -0.493 e. The SMILES string of the molecule is Cc1ccc(C(=O)N2CCCC(COc3ccc(Cl)cc3)(CC(N)=O)C2)cc1. The topological polar surface area (TPSA) is 72.6 Å². The van der Waals surface area contributed by atoms with E-state index in [2.05, 4.69) is 0 Å². The second kappa shape index (κ2) is 8.65. The van der Waals surface area contributed by atoms with Crippen LogP contribution >= 0.6 is 11.6 Å². The number of piperidine rings is 1. The fourth-order valence-corrected chi connectivity index (χ4v) is 3.84. The zero-order valence-electron chi connectivity index (χ0n) is 16.0. The van der Waals surface area contributed by atoms with Crippen molar-refractivity contribution in [3.8, 4) is 5.75 Å². The van der Waals surface area contributed by atoms with Gasteiger partial charge in [0.2, 0.25) is 5.91 Å². The molecule has 5 nitrogen and oxygen atoms in total. The van der Waals surface area contributed by atoms with Crippen LogP contribution in [0.3, 0.4) is 0 Å². The van der Waals surface area contributed by atoms with Crippen LogP contribution in [0.15, 0.2) is 48.5 Å². The van der Waals surface area contributed by atoms with Gasteiger partial charge in [0.05, 0.1) is 6.61 Å². The van der Waals surface area contributed by atoms with E-state index in [-0.39, 0.29) is 18.2 Å². The van der Waals surface area contributed by atoms with Crippen LogP contribution in [0.4, 0.5) is 0 Å². The van der Waals surface area contributed by atoms with E-state index < -0.39 is 5.41 Å². The fraction of sp³-hybridized carbons (Fsp3) is 0.364. The Bertz CT molecular complexity index is 836. The lowest BCUT2D eigenvalue weighted by atomic mass is 9.77. The minimum absolute atomic E-state index is 0.0277. The van der Waals surface area contributed by atoms with Gasteiger partial charge in [0.15, 0.2) is 0 Å². The van der Waals surface area contributed by atoms with E-state index in [9.17, 15) is 9.59 Å². The number of hydrogen-bond donors (Lipinski definition) is 1. The summed E-state index contributed by atoms with van der Waals surface area (Å²) in [5, 5.41) is 0.631. The van der Waals surface area contributed by atoms with Gasteiger partial charge in [0, 0.05) is 35.5 Å². The Morgan fingerprint density at radius 3 is 2.46 bits per heavy atom. The van der Waals surface area contributed by atoms with Crippen LogP contribution in [0.1, 0.15) is 35.2 Å². The third-order valence-electron chi connectivity index (χ3n) is 5.16. The van der Waals surface area contributed by atoms with Gasteiger partial charge in [-0.1, -0.05) is 29.3 Å². The molecule has 0 aliphatic carbocycles. The molecular weight excluding hydrogens is 376 g/mol. The molecule has 2 aromatic carbocycles. The third kappa shape index (κ3) is 5.04. The first kappa shape index (κ1) is 20.2. The quantitative estimate of drug-likeness (QED) is 0.800. The molecule has 3 rings (SSSR count). The number of amides is 2. The van der Waals surface area contributed by atoms with Crippen LogP contribution in [0.2, 0.25) is 5.02 Å². The van der Waals surface area contributed by atoms with Gasteiger partial charge in [-0.15, -0.1) is 0 Å². The lowest BCUT2D eigenvalue weighted by molar-refractivity contribution is -0.122. The van der Waals surface area contributed by atoms with Gasteiger partial charge in [0.1, 0.15) is 5.75 Å². The molecule has 2 amide bonds. The summed E-state index contributed by atoms with van der Waals surface area (Å²) in [7, 11) is 0. The lowest BCUT2D eigenvalue weighted by Crippen LogP contribution is -2.50. The zero-order chi connectivity index (χ0) is 20.1. The molecule has 28 heavy (non-hydrogen) atoms. The van der Waals surface area contributed by atoms with Crippen molar-refractivity contribution in [2.24, 2.45) is 11.1 Å². The third-order valence-corrected chi connectivity index (χ3v) is 5.41. The molecule has 1 aliphatic rings. The van der Waals surface area contributed by atoms with E-state index in [0.29, 0.717) is 36.0 Å². The number of benzene rings is 2. The number of carbonyl (C=O) groups is 2. The largest absolute Gasteiger partial charge is 0.493 e. The number of rotatable bonds is 6. The van der Waals surface area contributed by atoms with E-state index in [1.807, 2.05) is 36.1 Å². The molecule has 1 heterocycles. The maximum absolute atomic E-state index is 13.0. The van der Waals surface area contributed by atoms with Crippen LogP contribution in [0.25, 0.3) is 0 Å². The molecule has 1 saturated heterocycles. The fourth-order valence-electron chi connectivity index (χ4n) is 3.71. The number of nitrogens with zero attached hydrogens (tertiary/aromatic N) is 1. The van der Waals surface area contributed by atoms with Crippen LogP contribution in [-0.4, -0.2) is 36.4 Å².